The molecular formula is C18H14O. The fraction of sp³-hybridized carbons (Fsp3) is 0.0556. The number of allylic oxidation sites excluding steroid dienone is 1. The molecule has 0 atom stereocenters. The van der Waals surface area contributed by atoms with Gasteiger partial charge in [0.2, 0.25) is 0 Å². The molecule has 19 heavy (non-hydrogen) atoms. The molecule has 0 bridgehead atoms. The van der Waals surface area contributed by atoms with Crippen LogP contribution in [0.3, 0.4) is 0 Å². The number of fused-ring (bicyclic) bond motifs is 2. The number of ketones is 1. The molecule has 92 valence electrons. The molecule has 0 aliphatic carbocycles. The lowest BCUT2D eigenvalue weighted by Crippen LogP contribution is -1.81. The van der Waals surface area contributed by atoms with Crippen LogP contribution < -0.4 is 0 Å². The van der Waals surface area contributed by atoms with Crippen molar-refractivity contribution in [2.24, 2.45) is 0 Å². The van der Waals surface area contributed by atoms with Crippen molar-refractivity contribution in [1.82, 2.24) is 0 Å². The first-order chi connectivity index (χ1) is 9.22. The van der Waals surface area contributed by atoms with E-state index >= 15 is 0 Å². The van der Waals surface area contributed by atoms with Crippen molar-refractivity contribution in [1.29, 1.82) is 0 Å². The van der Waals surface area contributed by atoms with Crippen LogP contribution in [0, 0.1) is 0 Å². The van der Waals surface area contributed by atoms with E-state index in [0.717, 1.165) is 5.56 Å². The zero-order valence-electron chi connectivity index (χ0n) is 10.8. The zero-order chi connectivity index (χ0) is 13.2. The second-order valence-corrected chi connectivity index (χ2v) is 4.75. The van der Waals surface area contributed by atoms with Gasteiger partial charge in [-0.2, -0.15) is 0 Å². The lowest BCUT2D eigenvalue weighted by Gasteiger charge is -2.03. The first-order valence-corrected chi connectivity index (χ1v) is 6.33. The number of rotatable bonds is 2. The number of carbonyl (C=O) groups excluding carboxylic acids is 1. The van der Waals surface area contributed by atoms with Crippen LogP contribution in [0.5, 0.6) is 0 Å². The van der Waals surface area contributed by atoms with Crippen molar-refractivity contribution in [3.8, 4) is 0 Å². The Labute approximate surface area is 112 Å². The Kier molecular flexibility index (Phi) is 2.88. The summed E-state index contributed by atoms with van der Waals surface area (Å²) in [6, 6.07) is 19.0. The van der Waals surface area contributed by atoms with Gasteiger partial charge in [-0.05, 0) is 58.3 Å². The summed E-state index contributed by atoms with van der Waals surface area (Å²) in [6.07, 6.45) is 3.46. The monoisotopic (exact) mass is 246 g/mol. The Morgan fingerprint density at radius 3 is 2.16 bits per heavy atom. The lowest BCUT2D eigenvalue weighted by molar-refractivity contribution is -0.112. The van der Waals surface area contributed by atoms with Gasteiger partial charge in [-0.25, -0.2) is 0 Å². The Bertz CT molecular complexity index is 797. The van der Waals surface area contributed by atoms with E-state index < -0.39 is 0 Å². The third-order valence-electron chi connectivity index (χ3n) is 3.24. The molecule has 0 fully saturated rings. The predicted molar refractivity (Wildman–Crippen MR) is 81.2 cm³/mol. The Balaban J connectivity index is 2.16. The fourth-order valence-electron chi connectivity index (χ4n) is 2.28. The normalized spacial score (nSPS) is 11.4. The van der Waals surface area contributed by atoms with Gasteiger partial charge < -0.3 is 0 Å². The molecule has 0 spiro atoms. The Morgan fingerprint density at radius 2 is 1.47 bits per heavy atom. The third kappa shape index (κ3) is 2.41. The van der Waals surface area contributed by atoms with E-state index in [-0.39, 0.29) is 5.78 Å². The SMILES string of the molecule is CC(=O)/C=C/c1ccc2cc3ccccc3cc2c1. The van der Waals surface area contributed by atoms with Crippen LogP contribution in [0.25, 0.3) is 27.6 Å². The predicted octanol–water partition coefficient (Wildman–Crippen LogP) is 4.60. The van der Waals surface area contributed by atoms with E-state index in [0.29, 0.717) is 0 Å². The highest BCUT2D eigenvalue weighted by Gasteiger charge is 1.98. The number of hydrogen-bond acceptors (Lipinski definition) is 1. The third-order valence-corrected chi connectivity index (χ3v) is 3.24. The Hall–Kier alpha value is -2.41. The smallest absolute Gasteiger partial charge is 0.152 e. The summed E-state index contributed by atoms with van der Waals surface area (Å²) in [7, 11) is 0. The number of benzene rings is 3. The van der Waals surface area contributed by atoms with Gasteiger partial charge in [-0.1, -0.05) is 42.5 Å². The van der Waals surface area contributed by atoms with E-state index in [1.165, 1.54) is 21.5 Å². The maximum absolute atomic E-state index is 11.0. The van der Waals surface area contributed by atoms with Gasteiger partial charge in [0.1, 0.15) is 0 Å². The van der Waals surface area contributed by atoms with Crippen LogP contribution in [0.4, 0.5) is 0 Å². The average molecular weight is 246 g/mol. The number of carbonyl (C=O) groups is 1. The van der Waals surface area contributed by atoms with Gasteiger partial charge in [0.25, 0.3) is 0 Å². The summed E-state index contributed by atoms with van der Waals surface area (Å²) in [5, 5.41) is 4.91. The minimum absolute atomic E-state index is 0.0682. The molecule has 1 heteroatoms. The van der Waals surface area contributed by atoms with Crippen molar-refractivity contribution < 1.29 is 4.79 Å². The van der Waals surface area contributed by atoms with E-state index in [9.17, 15) is 4.79 Å². The van der Waals surface area contributed by atoms with Crippen LogP contribution in [0.15, 0.2) is 60.7 Å². The maximum atomic E-state index is 11.0. The lowest BCUT2D eigenvalue weighted by atomic mass is 10.0. The van der Waals surface area contributed by atoms with Gasteiger partial charge in [0.15, 0.2) is 5.78 Å². The molecule has 3 aromatic rings. The first-order valence-electron chi connectivity index (χ1n) is 6.33. The molecule has 0 saturated carbocycles. The van der Waals surface area contributed by atoms with Crippen LogP contribution >= 0.6 is 0 Å². The van der Waals surface area contributed by atoms with Gasteiger partial charge in [0, 0.05) is 0 Å². The fourth-order valence-corrected chi connectivity index (χ4v) is 2.28. The van der Waals surface area contributed by atoms with Crippen LogP contribution in [-0.4, -0.2) is 5.78 Å². The highest BCUT2D eigenvalue weighted by molar-refractivity contribution is 5.99. The van der Waals surface area contributed by atoms with Gasteiger partial charge in [-0.15, -0.1) is 0 Å². The molecule has 0 aliphatic heterocycles. The molecule has 0 saturated heterocycles. The maximum Gasteiger partial charge on any atom is 0.152 e. The summed E-state index contributed by atoms with van der Waals surface area (Å²) >= 11 is 0. The molecule has 0 amide bonds. The number of hydrogen-bond donors (Lipinski definition) is 0. The minimum Gasteiger partial charge on any atom is -0.295 e. The van der Waals surface area contributed by atoms with E-state index in [1.807, 2.05) is 18.2 Å². The standard InChI is InChI=1S/C18H14O/c1-13(19)6-7-14-8-9-17-11-15-4-2-3-5-16(15)12-18(17)10-14/h2-12H,1H3/b7-6+. The highest BCUT2D eigenvalue weighted by atomic mass is 16.1. The molecule has 0 aliphatic rings. The van der Waals surface area contributed by atoms with Crippen LogP contribution in [-0.2, 0) is 4.79 Å². The van der Waals surface area contributed by atoms with Crippen LogP contribution in [0.1, 0.15) is 12.5 Å². The van der Waals surface area contributed by atoms with Gasteiger partial charge in [-0.3, -0.25) is 4.79 Å². The van der Waals surface area contributed by atoms with E-state index in [1.54, 1.807) is 13.0 Å². The molecule has 3 aromatic carbocycles. The van der Waals surface area contributed by atoms with Crippen LogP contribution in [0.2, 0.25) is 0 Å². The minimum atomic E-state index is 0.0682. The first kappa shape index (κ1) is 11.7. The Morgan fingerprint density at radius 1 is 0.842 bits per heavy atom. The summed E-state index contributed by atoms with van der Waals surface area (Å²) in [5.41, 5.74) is 1.05. The van der Waals surface area contributed by atoms with Gasteiger partial charge in [0.05, 0.1) is 0 Å². The van der Waals surface area contributed by atoms with Crippen molar-refractivity contribution in [3.63, 3.8) is 0 Å². The highest BCUT2D eigenvalue weighted by Crippen LogP contribution is 2.24. The molecule has 3 rings (SSSR count). The summed E-state index contributed by atoms with van der Waals surface area (Å²) < 4.78 is 0. The second-order valence-electron chi connectivity index (χ2n) is 4.75. The molecule has 0 radical (unpaired) electrons. The second kappa shape index (κ2) is 4.69. The van der Waals surface area contributed by atoms with E-state index in [2.05, 4.69) is 42.5 Å². The van der Waals surface area contributed by atoms with Crippen molar-refractivity contribution in [2.45, 2.75) is 6.92 Å². The molecule has 1 nitrogen and oxygen atoms in total. The molecule has 0 heterocycles. The zero-order valence-corrected chi connectivity index (χ0v) is 10.8. The molecule has 0 unspecified atom stereocenters. The largest absolute Gasteiger partial charge is 0.295 e. The summed E-state index contributed by atoms with van der Waals surface area (Å²) in [6.45, 7) is 1.56. The van der Waals surface area contributed by atoms with Gasteiger partial charge >= 0.3 is 0 Å². The van der Waals surface area contributed by atoms with Crippen molar-refractivity contribution >= 4 is 33.4 Å². The summed E-state index contributed by atoms with van der Waals surface area (Å²) in [5.74, 6) is 0.0682. The molecular weight excluding hydrogens is 232 g/mol. The molecule has 0 N–H and O–H groups in total. The molecule has 0 aromatic heterocycles. The summed E-state index contributed by atoms with van der Waals surface area (Å²) in [4.78, 5) is 11.0. The van der Waals surface area contributed by atoms with E-state index in [4.69, 9.17) is 0 Å². The quantitative estimate of drug-likeness (QED) is 0.477. The van der Waals surface area contributed by atoms with Crippen molar-refractivity contribution in [2.75, 3.05) is 0 Å². The topological polar surface area (TPSA) is 17.1 Å². The average Bonchev–Trinajstić information content (AvgIpc) is 2.42. The van der Waals surface area contributed by atoms with Crippen molar-refractivity contribution in [3.05, 3.63) is 66.2 Å².